The largest absolute Gasteiger partial charge is 0.495 e. The highest BCUT2D eigenvalue weighted by Gasteiger charge is 2.40. The summed E-state index contributed by atoms with van der Waals surface area (Å²) in [6.07, 6.45) is 0. The highest BCUT2D eigenvalue weighted by Crippen LogP contribution is 2.35. The Labute approximate surface area is 183 Å². The van der Waals surface area contributed by atoms with E-state index in [1.165, 1.54) is 7.11 Å². The van der Waals surface area contributed by atoms with Gasteiger partial charge in [-0.15, -0.1) is 0 Å². The molecule has 0 radical (unpaired) electrons. The maximum Gasteiger partial charge on any atom is 0.282 e. The van der Waals surface area contributed by atoms with Gasteiger partial charge in [-0.3, -0.25) is 9.59 Å². The van der Waals surface area contributed by atoms with E-state index in [0.29, 0.717) is 33.3 Å². The third-order valence-corrected chi connectivity index (χ3v) is 5.12. The van der Waals surface area contributed by atoms with Gasteiger partial charge in [-0.1, -0.05) is 41.9 Å². The molecule has 7 heteroatoms. The second-order valence-electron chi connectivity index (χ2n) is 6.69. The van der Waals surface area contributed by atoms with Crippen molar-refractivity contribution < 1.29 is 14.3 Å². The van der Waals surface area contributed by atoms with E-state index in [0.717, 1.165) is 4.90 Å². The number of amides is 2. The van der Waals surface area contributed by atoms with Crippen LogP contribution in [0.2, 0.25) is 5.02 Å². The average molecular weight is 430 g/mol. The lowest BCUT2D eigenvalue weighted by molar-refractivity contribution is -0.120. The molecule has 152 valence electrons. The van der Waals surface area contributed by atoms with E-state index >= 15 is 0 Å². The number of imide groups is 1. The van der Waals surface area contributed by atoms with E-state index in [9.17, 15) is 9.59 Å². The second kappa shape index (κ2) is 8.34. The van der Waals surface area contributed by atoms with Crippen LogP contribution in [0.5, 0.6) is 5.75 Å². The summed E-state index contributed by atoms with van der Waals surface area (Å²) < 4.78 is 5.17. The molecule has 1 aliphatic rings. The summed E-state index contributed by atoms with van der Waals surface area (Å²) in [6.45, 7) is 0. The van der Waals surface area contributed by atoms with Crippen molar-refractivity contribution in [1.82, 2.24) is 0 Å². The van der Waals surface area contributed by atoms with Crippen LogP contribution in [0.3, 0.4) is 0 Å². The molecule has 0 spiro atoms. The van der Waals surface area contributed by atoms with Gasteiger partial charge in [0.2, 0.25) is 0 Å². The van der Waals surface area contributed by atoms with Crippen molar-refractivity contribution in [3.63, 3.8) is 0 Å². The minimum atomic E-state index is -0.500. The van der Waals surface area contributed by atoms with Gasteiger partial charge in [-0.05, 0) is 48.0 Å². The van der Waals surface area contributed by atoms with Gasteiger partial charge in [0.15, 0.2) is 0 Å². The van der Waals surface area contributed by atoms with Crippen molar-refractivity contribution in [1.29, 1.82) is 5.26 Å². The summed E-state index contributed by atoms with van der Waals surface area (Å²) in [5.41, 5.74) is 2.36. The number of methoxy groups -OCH3 is 1. The fourth-order valence-electron chi connectivity index (χ4n) is 3.33. The Morgan fingerprint density at radius 2 is 1.68 bits per heavy atom. The van der Waals surface area contributed by atoms with Gasteiger partial charge >= 0.3 is 0 Å². The van der Waals surface area contributed by atoms with Gasteiger partial charge in [0.1, 0.15) is 11.4 Å². The van der Waals surface area contributed by atoms with Crippen molar-refractivity contribution >= 4 is 40.4 Å². The zero-order valence-electron chi connectivity index (χ0n) is 16.4. The Balaban J connectivity index is 1.78. The topological polar surface area (TPSA) is 82.4 Å². The molecule has 0 bridgehead atoms. The summed E-state index contributed by atoms with van der Waals surface area (Å²) in [6, 6.07) is 22.3. The lowest BCUT2D eigenvalue weighted by Crippen LogP contribution is -2.32. The lowest BCUT2D eigenvalue weighted by atomic mass is 10.0. The number of carbonyl (C=O) groups excluding carboxylic acids is 2. The second-order valence-corrected chi connectivity index (χ2v) is 7.10. The molecule has 0 saturated carbocycles. The fourth-order valence-corrected chi connectivity index (χ4v) is 3.58. The summed E-state index contributed by atoms with van der Waals surface area (Å²) in [7, 11) is 1.51. The molecule has 0 fully saturated rings. The van der Waals surface area contributed by atoms with Crippen molar-refractivity contribution in [2.75, 3.05) is 17.3 Å². The third-order valence-electron chi connectivity index (χ3n) is 4.82. The average Bonchev–Trinajstić information content (AvgIpc) is 3.04. The molecule has 1 N–H and O–H groups in total. The Morgan fingerprint density at radius 1 is 0.968 bits per heavy atom. The molecular weight excluding hydrogens is 414 g/mol. The van der Waals surface area contributed by atoms with Crippen molar-refractivity contribution in [2.45, 2.75) is 0 Å². The first-order valence-corrected chi connectivity index (χ1v) is 9.70. The fraction of sp³-hybridized carbons (Fsp3) is 0.0417. The Hall–Kier alpha value is -4.08. The minimum absolute atomic E-state index is 0.141. The maximum atomic E-state index is 13.3. The van der Waals surface area contributed by atoms with E-state index in [2.05, 4.69) is 5.32 Å². The van der Waals surface area contributed by atoms with Crippen molar-refractivity contribution in [3.8, 4) is 11.8 Å². The van der Waals surface area contributed by atoms with E-state index in [-0.39, 0.29) is 11.3 Å². The number of carbonyl (C=O) groups is 2. The number of hydrogen-bond donors (Lipinski definition) is 1. The van der Waals surface area contributed by atoms with Crippen LogP contribution in [-0.4, -0.2) is 18.9 Å². The Morgan fingerprint density at radius 3 is 2.29 bits per heavy atom. The number of anilines is 2. The summed E-state index contributed by atoms with van der Waals surface area (Å²) in [5, 5.41) is 12.4. The molecule has 2 amide bonds. The maximum absolute atomic E-state index is 13.3. The van der Waals surface area contributed by atoms with Gasteiger partial charge in [0.25, 0.3) is 11.8 Å². The molecule has 0 unspecified atom stereocenters. The van der Waals surface area contributed by atoms with Crippen LogP contribution >= 0.6 is 11.6 Å². The smallest absolute Gasteiger partial charge is 0.282 e. The third kappa shape index (κ3) is 3.75. The SMILES string of the molecule is COc1ccc(NC2=C(c3ccccc3)C(=O)N(c3ccc(C#N)cc3)C2=O)cc1Cl. The van der Waals surface area contributed by atoms with Crippen molar-refractivity contribution in [2.24, 2.45) is 0 Å². The van der Waals surface area contributed by atoms with E-state index < -0.39 is 11.8 Å². The van der Waals surface area contributed by atoms with Crippen LogP contribution in [0.25, 0.3) is 5.57 Å². The molecule has 1 heterocycles. The van der Waals surface area contributed by atoms with Gasteiger partial charge in [-0.2, -0.15) is 5.26 Å². The highest BCUT2D eigenvalue weighted by molar-refractivity contribution is 6.46. The molecule has 31 heavy (non-hydrogen) atoms. The lowest BCUT2D eigenvalue weighted by Gasteiger charge is -2.15. The normalized spacial score (nSPS) is 13.4. The van der Waals surface area contributed by atoms with E-state index in [1.54, 1.807) is 66.7 Å². The predicted molar refractivity (Wildman–Crippen MR) is 119 cm³/mol. The molecule has 0 saturated heterocycles. The molecule has 1 aliphatic heterocycles. The van der Waals surface area contributed by atoms with E-state index in [1.807, 2.05) is 12.1 Å². The number of hydrogen-bond acceptors (Lipinski definition) is 5. The van der Waals surface area contributed by atoms with Crippen LogP contribution < -0.4 is 15.0 Å². The standard InChI is InChI=1S/C24H16ClN3O3/c1-31-20-12-9-17(13-19(20)25)27-22-21(16-5-3-2-4-6-16)23(29)28(24(22)30)18-10-7-15(14-26)8-11-18/h2-13,27H,1H3. The zero-order valence-corrected chi connectivity index (χ0v) is 17.2. The summed E-state index contributed by atoms with van der Waals surface area (Å²) in [5.74, 6) is -0.457. The van der Waals surface area contributed by atoms with Crippen LogP contribution in [0.15, 0.2) is 78.5 Å². The number of ether oxygens (including phenoxy) is 1. The van der Waals surface area contributed by atoms with Crippen molar-refractivity contribution in [3.05, 3.63) is 94.6 Å². The quantitative estimate of drug-likeness (QED) is 0.598. The molecule has 0 aromatic heterocycles. The molecule has 6 nitrogen and oxygen atoms in total. The molecule has 3 aromatic carbocycles. The van der Waals surface area contributed by atoms with E-state index in [4.69, 9.17) is 21.6 Å². The van der Waals surface area contributed by atoms with Crippen LogP contribution in [0.4, 0.5) is 11.4 Å². The number of nitrogens with one attached hydrogen (secondary N) is 1. The summed E-state index contributed by atoms with van der Waals surface area (Å²) >= 11 is 6.22. The minimum Gasteiger partial charge on any atom is -0.495 e. The first-order valence-electron chi connectivity index (χ1n) is 9.32. The number of nitrogens with zero attached hydrogens (tertiary/aromatic N) is 2. The number of rotatable bonds is 5. The Bertz CT molecular complexity index is 1250. The number of halogens is 1. The number of benzene rings is 3. The first-order chi connectivity index (χ1) is 15.0. The molecular formula is C24H16ClN3O3. The highest BCUT2D eigenvalue weighted by atomic mass is 35.5. The van der Waals surface area contributed by atoms with Gasteiger partial charge in [-0.25, -0.2) is 4.90 Å². The monoisotopic (exact) mass is 429 g/mol. The Kier molecular flexibility index (Phi) is 5.44. The van der Waals surface area contributed by atoms with Gasteiger partial charge in [0.05, 0.1) is 35.0 Å². The first kappa shape index (κ1) is 20.2. The molecule has 0 atom stereocenters. The molecule has 4 rings (SSSR count). The molecule has 0 aliphatic carbocycles. The van der Waals surface area contributed by atoms with Crippen LogP contribution in [0, 0.1) is 11.3 Å². The van der Waals surface area contributed by atoms with Gasteiger partial charge in [0, 0.05) is 5.69 Å². The zero-order chi connectivity index (χ0) is 22.0. The number of nitriles is 1. The van der Waals surface area contributed by atoms with Crippen LogP contribution in [0.1, 0.15) is 11.1 Å². The molecule has 3 aromatic rings. The van der Waals surface area contributed by atoms with Gasteiger partial charge < -0.3 is 10.1 Å². The predicted octanol–water partition coefficient (Wildman–Crippen LogP) is 4.62. The van der Waals surface area contributed by atoms with Crippen LogP contribution in [-0.2, 0) is 9.59 Å². The summed E-state index contributed by atoms with van der Waals surface area (Å²) in [4.78, 5) is 27.8.